The molecule has 3 atom stereocenters. The van der Waals surface area contributed by atoms with E-state index in [-0.39, 0.29) is 23.9 Å². The molecule has 22 heavy (non-hydrogen) atoms. The molecule has 1 unspecified atom stereocenters. The number of aliphatic hydroxyl groups is 1. The molecule has 1 aliphatic carbocycles. The van der Waals surface area contributed by atoms with Crippen LogP contribution in [0.15, 0.2) is 24.3 Å². The number of rotatable bonds is 3. The Hall–Kier alpha value is -2.27. The second-order valence-electron chi connectivity index (χ2n) is 5.12. The summed E-state index contributed by atoms with van der Waals surface area (Å²) in [4.78, 5) is 11.3. The van der Waals surface area contributed by atoms with Crippen molar-refractivity contribution >= 4 is 5.97 Å². The highest BCUT2D eigenvalue weighted by Gasteiger charge is 2.38. The summed E-state index contributed by atoms with van der Waals surface area (Å²) >= 11 is 0. The summed E-state index contributed by atoms with van der Waals surface area (Å²) in [6, 6.07) is 6.84. The summed E-state index contributed by atoms with van der Waals surface area (Å²) in [5.41, 5.74) is 1.27. The van der Waals surface area contributed by atoms with Crippen LogP contribution in [0.25, 0.3) is 0 Å². The molecular weight excluding hydrogens is 280 g/mol. The molecule has 1 aromatic carbocycles. The topological polar surface area (TPSA) is 55.8 Å². The highest BCUT2D eigenvalue weighted by Crippen LogP contribution is 2.34. The summed E-state index contributed by atoms with van der Waals surface area (Å²) in [6.07, 6.45) is 0.356. The summed E-state index contributed by atoms with van der Waals surface area (Å²) in [7, 11) is 2.97. The second kappa shape index (κ2) is 7.66. The average Bonchev–Trinajstić information content (AvgIpc) is 2.55. The minimum atomic E-state index is -0.368. The van der Waals surface area contributed by atoms with Crippen molar-refractivity contribution in [1.29, 1.82) is 0 Å². The van der Waals surface area contributed by atoms with Crippen molar-refractivity contribution in [2.75, 3.05) is 20.8 Å². The zero-order valence-corrected chi connectivity index (χ0v) is 12.6. The van der Waals surface area contributed by atoms with E-state index in [9.17, 15) is 9.90 Å². The van der Waals surface area contributed by atoms with Gasteiger partial charge in [-0.25, -0.2) is 4.79 Å². The van der Waals surface area contributed by atoms with Gasteiger partial charge in [-0.1, -0.05) is 11.8 Å². The van der Waals surface area contributed by atoms with Gasteiger partial charge >= 0.3 is 5.97 Å². The standard InChI is InChI=1S/C18H18O4/c1-21-12-16-15(11-17(16)19)6-4-3-5-13-7-9-14(10-8-13)18(20)22-2/h7-10,15-17,19H,11-12H2,1-2H3/t15-,16-,17?/m0/s1. The van der Waals surface area contributed by atoms with Crippen LogP contribution in [-0.2, 0) is 9.47 Å². The van der Waals surface area contributed by atoms with E-state index >= 15 is 0 Å². The molecule has 1 aliphatic rings. The molecule has 4 heteroatoms. The van der Waals surface area contributed by atoms with Gasteiger partial charge in [0.1, 0.15) is 0 Å². The van der Waals surface area contributed by atoms with Crippen LogP contribution < -0.4 is 0 Å². The van der Waals surface area contributed by atoms with Crippen molar-refractivity contribution in [1.82, 2.24) is 0 Å². The van der Waals surface area contributed by atoms with Gasteiger partial charge in [0.05, 0.1) is 25.4 Å². The van der Waals surface area contributed by atoms with Crippen molar-refractivity contribution in [3.05, 3.63) is 35.4 Å². The van der Waals surface area contributed by atoms with E-state index in [0.29, 0.717) is 18.6 Å². The zero-order chi connectivity index (χ0) is 15.9. The van der Waals surface area contributed by atoms with E-state index in [1.165, 1.54) is 7.11 Å². The maximum atomic E-state index is 11.3. The minimum absolute atomic E-state index is 0.0821. The molecule has 1 N–H and O–H groups in total. The molecule has 0 amide bonds. The lowest BCUT2D eigenvalue weighted by molar-refractivity contribution is -0.0472. The van der Waals surface area contributed by atoms with Gasteiger partial charge in [-0.15, -0.1) is 0 Å². The van der Waals surface area contributed by atoms with E-state index in [1.54, 1.807) is 31.4 Å². The third-order valence-corrected chi connectivity index (χ3v) is 3.70. The van der Waals surface area contributed by atoms with Crippen molar-refractivity contribution in [3.8, 4) is 23.7 Å². The van der Waals surface area contributed by atoms with Gasteiger partial charge in [0.25, 0.3) is 0 Å². The quantitative estimate of drug-likeness (QED) is 0.678. The normalized spacial score (nSPS) is 22.4. The lowest BCUT2D eigenvalue weighted by atomic mass is 9.72. The predicted molar refractivity (Wildman–Crippen MR) is 81.9 cm³/mol. The van der Waals surface area contributed by atoms with Gasteiger partial charge in [0.15, 0.2) is 0 Å². The van der Waals surface area contributed by atoms with Gasteiger partial charge in [-0.2, -0.15) is 0 Å². The summed E-state index contributed by atoms with van der Waals surface area (Å²) in [5, 5.41) is 9.61. The molecule has 114 valence electrons. The van der Waals surface area contributed by atoms with Crippen molar-refractivity contribution in [2.45, 2.75) is 12.5 Å². The van der Waals surface area contributed by atoms with Crippen molar-refractivity contribution in [3.63, 3.8) is 0 Å². The molecule has 2 rings (SSSR count). The summed E-state index contributed by atoms with van der Waals surface area (Å²) < 4.78 is 9.69. The van der Waals surface area contributed by atoms with E-state index < -0.39 is 0 Å². The van der Waals surface area contributed by atoms with Crippen LogP contribution in [0.1, 0.15) is 22.3 Å². The van der Waals surface area contributed by atoms with Gasteiger partial charge in [-0.3, -0.25) is 0 Å². The maximum absolute atomic E-state index is 11.3. The molecule has 1 aromatic rings. The molecule has 1 fully saturated rings. The first-order valence-corrected chi connectivity index (χ1v) is 7.02. The number of esters is 1. The molecule has 0 aliphatic heterocycles. The third kappa shape index (κ3) is 3.89. The first kappa shape index (κ1) is 16.1. The molecule has 0 radical (unpaired) electrons. The van der Waals surface area contributed by atoms with Crippen molar-refractivity contribution in [2.24, 2.45) is 11.8 Å². The Balaban J connectivity index is 1.95. The van der Waals surface area contributed by atoms with Crippen LogP contribution in [0.5, 0.6) is 0 Å². The number of carbonyl (C=O) groups excluding carboxylic acids is 1. The molecular formula is C18H18O4. The van der Waals surface area contributed by atoms with Crippen LogP contribution in [0, 0.1) is 35.5 Å². The number of benzene rings is 1. The molecule has 4 nitrogen and oxygen atoms in total. The Bertz CT molecular complexity index is 640. The summed E-state index contributed by atoms with van der Waals surface area (Å²) in [5.74, 6) is 11.4. The molecule has 0 saturated heterocycles. The minimum Gasteiger partial charge on any atom is -0.465 e. The van der Waals surface area contributed by atoms with E-state index in [4.69, 9.17) is 4.74 Å². The van der Waals surface area contributed by atoms with Gasteiger partial charge in [0.2, 0.25) is 0 Å². The molecule has 1 saturated carbocycles. The number of hydrogen-bond donors (Lipinski definition) is 1. The van der Waals surface area contributed by atoms with E-state index in [1.807, 2.05) is 0 Å². The average molecular weight is 298 g/mol. The van der Waals surface area contributed by atoms with E-state index in [0.717, 1.165) is 5.56 Å². The van der Waals surface area contributed by atoms with Gasteiger partial charge < -0.3 is 14.6 Å². The highest BCUT2D eigenvalue weighted by molar-refractivity contribution is 5.89. The number of aliphatic hydroxyl groups excluding tert-OH is 1. The second-order valence-corrected chi connectivity index (χ2v) is 5.12. The fraction of sp³-hybridized carbons (Fsp3) is 0.389. The first-order chi connectivity index (χ1) is 10.7. The van der Waals surface area contributed by atoms with Crippen LogP contribution in [0.3, 0.4) is 0 Å². The monoisotopic (exact) mass is 298 g/mol. The largest absolute Gasteiger partial charge is 0.465 e. The number of hydrogen-bond acceptors (Lipinski definition) is 4. The van der Waals surface area contributed by atoms with Crippen molar-refractivity contribution < 1.29 is 19.4 Å². The van der Waals surface area contributed by atoms with Crippen LogP contribution >= 0.6 is 0 Å². The Kier molecular flexibility index (Phi) is 5.61. The Morgan fingerprint density at radius 1 is 1.27 bits per heavy atom. The van der Waals surface area contributed by atoms with E-state index in [2.05, 4.69) is 28.4 Å². The number of methoxy groups -OCH3 is 2. The molecule has 0 bridgehead atoms. The number of ether oxygens (including phenoxy) is 2. The Morgan fingerprint density at radius 3 is 2.59 bits per heavy atom. The zero-order valence-electron chi connectivity index (χ0n) is 12.6. The maximum Gasteiger partial charge on any atom is 0.337 e. The molecule has 0 spiro atoms. The Labute approximate surface area is 130 Å². The molecule has 0 aromatic heterocycles. The highest BCUT2D eigenvalue weighted by atomic mass is 16.5. The van der Waals surface area contributed by atoms with Gasteiger partial charge in [-0.05, 0) is 42.5 Å². The van der Waals surface area contributed by atoms with Crippen LogP contribution in [-0.4, -0.2) is 38.0 Å². The van der Waals surface area contributed by atoms with Crippen LogP contribution in [0.4, 0.5) is 0 Å². The Morgan fingerprint density at radius 2 is 2.00 bits per heavy atom. The van der Waals surface area contributed by atoms with Crippen LogP contribution in [0.2, 0.25) is 0 Å². The fourth-order valence-corrected chi connectivity index (χ4v) is 2.31. The smallest absolute Gasteiger partial charge is 0.337 e. The van der Waals surface area contributed by atoms with Gasteiger partial charge in [0, 0.05) is 24.5 Å². The third-order valence-electron chi connectivity index (χ3n) is 3.70. The first-order valence-electron chi connectivity index (χ1n) is 7.02. The fourth-order valence-electron chi connectivity index (χ4n) is 2.31. The molecule has 0 heterocycles. The lowest BCUT2D eigenvalue weighted by Crippen LogP contribution is -2.43. The SMILES string of the molecule is COC[C@@H]1C(O)C[C@@H]1C#CC#Cc1ccc(C(=O)OC)cc1. The summed E-state index contributed by atoms with van der Waals surface area (Å²) in [6.45, 7) is 0.517. The lowest BCUT2D eigenvalue weighted by Gasteiger charge is -2.37. The number of carbonyl (C=O) groups is 1. The predicted octanol–water partition coefficient (Wildman–Crippen LogP) is 1.47.